The molecule has 1 saturated heterocycles. The van der Waals surface area contributed by atoms with E-state index >= 15 is 0 Å². The van der Waals surface area contributed by atoms with Crippen LogP contribution in [0.3, 0.4) is 0 Å². The zero-order chi connectivity index (χ0) is 11.0. The molecule has 1 N–H and O–H groups in total. The molecular formula is C13H17FN2. The van der Waals surface area contributed by atoms with Crippen molar-refractivity contribution in [3.63, 3.8) is 0 Å². The monoisotopic (exact) mass is 220 g/mol. The van der Waals surface area contributed by atoms with Crippen LogP contribution in [0.2, 0.25) is 0 Å². The van der Waals surface area contributed by atoms with Crippen LogP contribution in [0.5, 0.6) is 0 Å². The maximum Gasteiger partial charge on any atom is 0.125 e. The van der Waals surface area contributed by atoms with E-state index in [4.69, 9.17) is 0 Å². The lowest BCUT2D eigenvalue weighted by Crippen LogP contribution is -2.28. The van der Waals surface area contributed by atoms with E-state index in [-0.39, 0.29) is 5.82 Å². The third-order valence-electron chi connectivity index (χ3n) is 3.68. The molecule has 2 nitrogen and oxygen atoms in total. The maximum absolute atomic E-state index is 13.2. The molecule has 1 fully saturated rings. The van der Waals surface area contributed by atoms with Crippen molar-refractivity contribution in [2.24, 2.45) is 5.92 Å². The van der Waals surface area contributed by atoms with Crippen LogP contribution in [0.1, 0.15) is 12.0 Å². The Morgan fingerprint density at radius 2 is 2.38 bits per heavy atom. The summed E-state index contributed by atoms with van der Waals surface area (Å²) in [4.78, 5) is 2.34. The molecule has 0 amide bonds. The molecule has 0 aromatic heterocycles. The highest BCUT2D eigenvalue weighted by Crippen LogP contribution is 2.29. The van der Waals surface area contributed by atoms with Crippen LogP contribution in [0.15, 0.2) is 18.2 Å². The topological polar surface area (TPSA) is 15.3 Å². The van der Waals surface area contributed by atoms with Crippen molar-refractivity contribution in [3.05, 3.63) is 29.6 Å². The molecule has 86 valence electrons. The minimum Gasteiger partial charge on any atom is -0.371 e. The molecule has 16 heavy (non-hydrogen) atoms. The Hall–Kier alpha value is -1.09. The van der Waals surface area contributed by atoms with Crippen LogP contribution in [0.4, 0.5) is 10.1 Å². The first-order valence-electron chi connectivity index (χ1n) is 6.07. The molecular weight excluding hydrogens is 203 g/mol. The third kappa shape index (κ3) is 1.80. The molecule has 0 saturated carbocycles. The average Bonchev–Trinajstić information content (AvgIpc) is 2.90. The zero-order valence-electron chi connectivity index (χ0n) is 9.38. The summed E-state index contributed by atoms with van der Waals surface area (Å²) in [5.74, 6) is 0.615. The van der Waals surface area contributed by atoms with Crippen LogP contribution in [0, 0.1) is 11.7 Å². The molecule has 0 aliphatic carbocycles. The summed E-state index contributed by atoms with van der Waals surface area (Å²) in [6, 6.07) is 5.18. The number of nitrogens with zero attached hydrogens (tertiary/aromatic N) is 1. The summed E-state index contributed by atoms with van der Waals surface area (Å²) in [5, 5.41) is 3.38. The highest BCUT2D eigenvalue weighted by molar-refractivity contribution is 5.58. The van der Waals surface area contributed by atoms with Gasteiger partial charge < -0.3 is 10.2 Å². The van der Waals surface area contributed by atoms with Gasteiger partial charge in [0.25, 0.3) is 0 Å². The second-order valence-corrected chi connectivity index (χ2v) is 4.83. The number of rotatable bonds is 2. The van der Waals surface area contributed by atoms with Crippen LogP contribution >= 0.6 is 0 Å². The van der Waals surface area contributed by atoms with E-state index in [9.17, 15) is 4.39 Å². The van der Waals surface area contributed by atoms with Gasteiger partial charge in [-0.15, -0.1) is 0 Å². The predicted octanol–water partition coefficient (Wildman–Crippen LogP) is 1.80. The maximum atomic E-state index is 13.2. The van der Waals surface area contributed by atoms with Crippen LogP contribution in [-0.4, -0.2) is 26.2 Å². The minimum absolute atomic E-state index is 0.116. The molecule has 1 unspecified atom stereocenters. The number of fused-ring (bicyclic) bond motifs is 1. The molecule has 0 spiro atoms. The van der Waals surface area contributed by atoms with Gasteiger partial charge in [-0.05, 0) is 49.5 Å². The fourth-order valence-corrected chi connectivity index (χ4v) is 2.79. The number of anilines is 1. The molecule has 2 aliphatic heterocycles. The van der Waals surface area contributed by atoms with E-state index in [0.29, 0.717) is 0 Å². The number of halogens is 1. The Kier molecular flexibility index (Phi) is 2.56. The first-order valence-corrected chi connectivity index (χ1v) is 6.07. The van der Waals surface area contributed by atoms with E-state index in [1.54, 1.807) is 12.1 Å². The standard InChI is InChI=1S/C13H17FN2/c14-12-2-1-11-4-6-16(13(11)7-12)9-10-3-5-15-8-10/h1-2,7,10,15H,3-6,8-9H2. The molecule has 0 bridgehead atoms. The van der Waals surface area contributed by atoms with Gasteiger partial charge in [-0.25, -0.2) is 4.39 Å². The molecule has 2 heterocycles. The normalized spacial score (nSPS) is 23.8. The van der Waals surface area contributed by atoms with Crippen molar-refractivity contribution in [3.8, 4) is 0 Å². The smallest absolute Gasteiger partial charge is 0.125 e. The lowest BCUT2D eigenvalue weighted by molar-refractivity contribution is 0.566. The highest BCUT2D eigenvalue weighted by Gasteiger charge is 2.24. The first-order chi connectivity index (χ1) is 7.83. The van der Waals surface area contributed by atoms with Gasteiger partial charge in [0.2, 0.25) is 0 Å². The fourth-order valence-electron chi connectivity index (χ4n) is 2.79. The second kappa shape index (κ2) is 4.06. The number of nitrogens with one attached hydrogen (secondary N) is 1. The van der Waals surface area contributed by atoms with Gasteiger partial charge in [-0.3, -0.25) is 0 Å². The lowest BCUT2D eigenvalue weighted by atomic mass is 10.1. The van der Waals surface area contributed by atoms with E-state index < -0.39 is 0 Å². The average molecular weight is 220 g/mol. The summed E-state index contributed by atoms with van der Waals surface area (Å²) >= 11 is 0. The SMILES string of the molecule is Fc1ccc2c(c1)N(CC1CCNC1)CC2. The Labute approximate surface area is 95.4 Å². The number of benzene rings is 1. The Morgan fingerprint density at radius 3 is 3.19 bits per heavy atom. The summed E-state index contributed by atoms with van der Waals surface area (Å²) in [5.41, 5.74) is 2.42. The summed E-state index contributed by atoms with van der Waals surface area (Å²) in [6.07, 6.45) is 2.32. The predicted molar refractivity (Wildman–Crippen MR) is 63.3 cm³/mol. The van der Waals surface area contributed by atoms with Gasteiger partial charge in [0.05, 0.1) is 0 Å². The second-order valence-electron chi connectivity index (χ2n) is 4.83. The van der Waals surface area contributed by atoms with E-state index in [1.165, 1.54) is 12.0 Å². The largest absolute Gasteiger partial charge is 0.371 e. The molecule has 1 atom stereocenters. The van der Waals surface area contributed by atoms with E-state index in [1.807, 2.05) is 6.07 Å². The highest BCUT2D eigenvalue weighted by atomic mass is 19.1. The quantitative estimate of drug-likeness (QED) is 0.817. The summed E-state index contributed by atoms with van der Waals surface area (Å²) < 4.78 is 13.2. The first kappa shape index (κ1) is 10.1. The zero-order valence-corrected chi connectivity index (χ0v) is 9.38. The Morgan fingerprint density at radius 1 is 1.44 bits per heavy atom. The van der Waals surface area contributed by atoms with Gasteiger partial charge in [0.15, 0.2) is 0 Å². The van der Waals surface area contributed by atoms with Gasteiger partial charge in [-0.1, -0.05) is 6.07 Å². The molecule has 2 aliphatic rings. The van der Waals surface area contributed by atoms with Crippen molar-refractivity contribution in [1.82, 2.24) is 5.32 Å². The van der Waals surface area contributed by atoms with E-state index in [2.05, 4.69) is 10.2 Å². The lowest BCUT2D eigenvalue weighted by Gasteiger charge is -2.22. The van der Waals surface area contributed by atoms with Crippen molar-refractivity contribution >= 4 is 5.69 Å². The molecule has 1 aromatic carbocycles. The molecule has 3 heteroatoms. The van der Waals surface area contributed by atoms with Gasteiger partial charge in [-0.2, -0.15) is 0 Å². The van der Waals surface area contributed by atoms with Gasteiger partial charge in [0.1, 0.15) is 5.82 Å². The molecule has 0 radical (unpaired) electrons. The van der Waals surface area contributed by atoms with Crippen molar-refractivity contribution in [1.29, 1.82) is 0 Å². The number of hydrogen-bond donors (Lipinski definition) is 1. The number of hydrogen-bond acceptors (Lipinski definition) is 2. The van der Waals surface area contributed by atoms with Crippen LogP contribution in [0.25, 0.3) is 0 Å². The third-order valence-corrected chi connectivity index (χ3v) is 3.68. The van der Waals surface area contributed by atoms with Gasteiger partial charge in [0, 0.05) is 18.8 Å². The minimum atomic E-state index is -0.116. The molecule has 1 aromatic rings. The Bertz CT molecular complexity index is 386. The van der Waals surface area contributed by atoms with Crippen molar-refractivity contribution in [2.75, 3.05) is 31.1 Å². The van der Waals surface area contributed by atoms with E-state index in [0.717, 1.165) is 44.2 Å². The van der Waals surface area contributed by atoms with Crippen molar-refractivity contribution < 1.29 is 4.39 Å². The van der Waals surface area contributed by atoms with Crippen LogP contribution < -0.4 is 10.2 Å². The van der Waals surface area contributed by atoms with Gasteiger partial charge >= 0.3 is 0 Å². The van der Waals surface area contributed by atoms with Crippen molar-refractivity contribution in [2.45, 2.75) is 12.8 Å². The van der Waals surface area contributed by atoms with Crippen LogP contribution in [-0.2, 0) is 6.42 Å². The fraction of sp³-hybridized carbons (Fsp3) is 0.538. The Balaban J connectivity index is 1.77. The summed E-state index contributed by atoms with van der Waals surface area (Å²) in [6.45, 7) is 4.37. The summed E-state index contributed by atoms with van der Waals surface area (Å²) in [7, 11) is 0. The molecule has 3 rings (SSSR count).